The van der Waals surface area contributed by atoms with Crippen LogP contribution in [-0.2, 0) is 4.79 Å². The normalized spacial score (nSPS) is 17.3. The number of carbonyl (C=O) groups is 2. The van der Waals surface area contributed by atoms with Gasteiger partial charge < -0.3 is 15.4 Å². The molecule has 0 saturated heterocycles. The maximum Gasteiger partial charge on any atom is 0.352 e. The Bertz CT molecular complexity index is 648. The van der Waals surface area contributed by atoms with Crippen LogP contribution in [0.2, 0.25) is 0 Å². The smallest absolute Gasteiger partial charge is 0.352 e. The van der Waals surface area contributed by atoms with Crippen LogP contribution in [0.5, 0.6) is 0 Å². The number of aromatic amines is 1. The Morgan fingerprint density at radius 2 is 1.74 bits per heavy atom. The maximum absolute atomic E-state index is 11.5. The van der Waals surface area contributed by atoms with Crippen molar-refractivity contribution < 1.29 is 14.7 Å². The molecule has 0 radical (unpaired) electrons. The van der Waals surface area contributed by atoms with Gasteiger partial charge in [0.2, 0.25) is 0 Å². The molecule has 0 spiro atoms. The minimum atomic E-state index is -0.982. The minimum Gasteiger partial charge on any atom is -0.477 e. The lowest BCUT2D eigenvalue weighted by Gasteiger charge is -2.00. The van der Waals surface area contributed by atoms with Crippen molar-refractivity contribution in [2.45, 2.75) is 27.7 Å². The minimum absolute atomic E-state index is 0.108. The third-order valence-corrected chi connectivity index (χ3v) is 3.66. The zero-order valence-electron chi connectivity index (χ0n) is 11.3. The summed E-state index contributed by atoms with van der Waals surface area (Å²) in [6, 6.07) is 0. The number of allylic oxidation sites excluding steroid dienone is 1. The number of carbonyl (C=O) groups excluding carboxylic acids is 1. The van der Waals surface area contributed by atoms with Crippen molar-refractivity contribution in [2.75, 3.05) is 0 Å². The van der Waals surface area contributed by atoms with Gasteiger partial charge in [-0.3, -0.25) is 4.79 Å². The second-order valence-corrected chi connectivity index (χ2v) is 4.73. The molecule has 0 bridgehead atoms. The molecule has 0 fully saturated rings. The highest BCUT2D eigenvalue weighted by Gasteiger charge is 2.21. The number of amides is 1. The van der Waals surface area contributed by atoms with E-state index in [1.165, 1.54) is 0 Å². The molecule has 0 atom stereocenters. The van der Waals surface area contributed by atoms with E-state index < -0.39 is 5.97 Å². The van der Waals surface area contributed by atoms with Crippen molar-refractivity contribution in [2.24, 2.45) is 0 Å². The topological polar surface area (TPSA) is 82.2 Å². The summed E-state index contributed by atoms with van der Waals surface area (Å²) in [5.74, 6) is -1.09. The van der Waals surface area contributed by atoms with Crippen LogP contribution in [-0.4, -0.2) is 22.0 Å². The Morgan fingerprint density at radius 1 is 1.11 bits per heavy atom. The van der Waals surface area contributed by atoms with Gasteiger partial charge in [-0.25, -0.2) is 4.79 Å². The first-order chi connectivity index (χ1) is 8.82. The molecule has 100 valence electrons. The van der Waals surface area contributed by atoms with E-state index in [9.17, 15) is 9.59 Å². The van der Waals surface area contributed by atoms with Crippen LogP contribution >= 0.6 is 0 Å². The molecule has 1 aromatic heterocycles. The predicted molar refractivity (Wildman–Crippen MR) is 71.7 cm³/mol. The molecule has 0 aromatic carbocycles. The first-order valence-corrected chi connectivity index (χ1v) is 5.96. The molecule has 2 heterocycles. The Labute approximate surface area is 111 Å². The van der Waals surface area contributed by atoms with Crippen LogP contribution in [0.4, 0.5) is 0 Å². The Kier molecular flexibility index (Phi) is 3.06. The molecule has 3 N–H and O–H groups in total. The van der Waals surface area contributed by atoms with Crippen molar-refractivity contribution >= 4 is 18.0 Å². The SMILES string of the molecule is CC1=C(C)/C(=C/c2[nH]c(C(=O)O)c(C)c2C)NC1=O. The van der Waals surface area contributed by atoms with Gasteiger partial charge in [0.05, 0.1) is 0 Å². The maximum atomic E-state index is 11.5. The first kappa shape index (κ1) is 13.1. The van der Waals surface area contributed by atoms with Crippen LogP contribution < -0.4 is 5.32 Å². The van der Waals surface area contributed by atoms with Crippen LogP contribution in [0.15, 0.2) is 16.8 Å². The Hall–Kier alpha value is -2.30. The number of hydrogen-bond donors (Lipinski definition) is 3. The second kappa shape index (κ2) is 4.42. The average molecular weight is 260 g/mol. The molecule has 0 aliphatic carbocycles. The number of carboxylic acids is 1. The van der Waals surface area contributed by atoms with Gasteiger partial charge in [0.15, 0.2) is 0 Å². The molecule has 1 amide bonds. The van der Waals surface area contributed by atoms with E-state index in [0.29, 0.717) is 22.5 Å². The van der Waals surface area contributed by atoms with E-state index in [2.05, 4.69) is 10.3 Å². The summed E-state index contributed by atoms with van der Waals surface area (Å²) >= 11 is 0. The lowest BCUT2D eigenvalue weighted by molar-refractivity contribution is -0.116. The van der Waals surface area contributed by atoms with Gasteiger partial charge in [-0.15, -0.1) is 0 Å². The van der Waals surface area contributed by atoms with Gasteiger partial charge in [-0.05, 0) is 50.5 Å². The number of nitrogens with one attached hydrogen (secondary N) is 2. The zero-order chi connectivity index (χ0) is 14.3. The fourth-order valence-electron chi connectivity index (χ4n) is 2.04. The lowest BCUT2D eigenvalue weighted by atomic mass is 10.1. The molecule has 1 aliphatic rings. The summed E-state index contributed by atoms with van der Waals surface area (Å²) in [5, 5.41) is 11.8. The van der Waals surface area contributed by atoms with Gasteiger partial charge in [-0.1, -0.05) is 0 Å². The molecule has 5 heteroatoms. The Balaban J connectivity index is 2.49. The van der Waals surface area contributed by atoms with Crippen LogP contribution in [0.1, 0.15) is 41.2 Å². The first-order valence-electron chi connectivity index (χ1n) is 5.96. The molecular formula is C14H16N2O3. The van der Waals surface area contributed by atoms with E-state index in [1.807, 2.05) is 13.8 Å². The molecule has 19 heavy (non-hydrogen) atoms. The van der Waals surface area contributed by atoms with Gasteiger partial charge in [0.1, 0.15) is 5.69 Å². The predicted octanol–water partition coefficient (Wildman–Crippen LogP) is 2.14. The van der Waals surface area contributed by atoms with Crippen molar-refractivity contribution in [3.8, 4) is 0 Å². The number of rotatable bonds is 2. The zero-order valence-corrected chi connectivity index (χ0v) is 11.3. The van der Waals surface area contributed by atoms with E-state index in [0.717, 1.165) is 11.1 Å². The highest BCUT2D eigenvalue weighted by atomic mass is 16.4. The van der Waals surface area contributed by atoms with Gasteiger partial charge in [-0.2, -0.15) is 0 Å². The molecule has 1 aliphatic heterocycles. The molecule has 5 nitrogen and oxygen atoms in total. The summed E-state index contributed by atoms with van der Waals surface area (Å²) in [5.41, 5.74) is 4.76. The van der Waals surface area contributed by atoms with Crippen LogP contribution in [0.3, 0.4) is 0 Å². The van der Waals surface area contributed by atoms with Gasteiger partial charge >= 0.3 is 5.97 Å². The number of carboxylic acid groups (broad SMARTS) is 1. The summed E-state index contributed by atoms with van der Waals surface area (Å²) < 4.78 is 0. The van der Waals surface area contributed by atoms with Gasteiger partial charge in [0, 0.05) is 17.0 Å². The molecule has 0 unspecified atom stereocenters. The van der Waals surface area contributed by atoms with Crippen molar-refractivity contribution in [1.29, 1.82) is 0 Å². The highest BCUT2D eigenvalue weighted by Crippen LogP contribution is 2.25. The van der Waals surface area contributed by atoms with E-state index >= 15 is 0 Å². The van der Waals surface area contributed by atoms with Crippen molar-refractivity contribution in [3.05, 3.63) is 39.4 Å². The summed E-state index contributed by atoms with van der Waals surface area (Å²) in [6.07, 6.45) is 1.78. The van der Waals surface area contributed by atoms with E-state index in [-0.39, 0.29) is 11.6 Å². The largest absolute Gasteiger partial charge is 0.477 e. The average Bonchev–Trinajstić information content (AvgIpc) is 2.76. The third-order valence-electron chi connectivity index (χ3n) is 3.66. The molecule has 1 aromatic rings. The van der Waals surface area contributed by atoms with Crippen LogP contribution in [0.25, 0.3) is 6.08 Å². The fraction of sp³-hybridized carbons (Fsp3) is 0.286. The van der Waals surface area contributed by atoms with E-state index in [1.54, 1.807) is 19.9 Å². The highest BCUT2D eigenvalue weighted by molar-refractivity contribution is 6.00. The number of hydrogen-bond acceptors (Lipinski definition) is 2. The van der Waals surface area contributed by atoms with Crippen molar-refractivity contribution in [1.82, 2.24) is 10.3 Å². The quantitative estimate of drug-likeness (QED) is 0.761. The Morgan fingerprint density at radius 3 is 2.16 bits per heavy atom. The summed E-state index contributed by atoms with van der Waals surface area (Å²) in [6.45, 7) is 7.25. The molecule has 2 rings (SSSR count). The summed E-state index contributed by atoms with van der Waals surface area (Å²) in [7, 11) is 0. The molecular weight excluding hydrogens is 244 g/mol. The van der Waals surface area contributed by atoms with E-state index in [4.69, 9.17) is 5.11 Å². The number of H-pyrrole nitrogens is 1. The third kappa shape index (κ3) is 2.07. The number of aromatic carboxylic acids is 1. The van der Waals surface area contributed by atoms with Crippen LogP contribution in [0, 0.1) is 13.8 Å². The second-order valence-electron chi connectivity index (χ2n) is 4.73. The number of aromatic nitrogens is 1. The fourth-order valence-corrected chi connectivity index (χ4v) is 2.04. The standard InChI is InChI=1S/C14H16N2O3/c1-6-8(3)12(14(18)19)15-10(6)5-11-7(2)9(4)13(17)16-11/h5,15H,1-4H3,(H,16,17)(H,18,19)/b11-5-. The summed E-state index contributed by atoms with van der Waals surface area (Å²) in [4.78, 5) is 25.5. The lowest BCUT2D eigenvalue weighted by Crippen LogP contribution is -2.15. The molecule has 0 saturated carbocycles. The monoisotopic (exact) mass is 260 g/mol. The van der Waals surface area contributed by atoms with Crippen molar-refractivity contribution in [3.63, 3.8) is 0 Å². The van der Waals surface area contributed by atoms with Gasteiger partial charge in [0.25, 0.3) is 5.91 Å².